The first kappa shape index (κ1) is 13.6. The van der Waals surface area contributed by atoms with Gasteiger partial charge in [-0.05, 0) is 52.3 Å². The van der Waals surface area contributed by atoms with Crippen LogP contribution in [0.25, 0.3) is 0 Å². The van der Waals surface area contributed by atoms with Crippen molar-refractivity contribution in [1.82, 2.24) is 5.43 Å². The van der Waals surface area contributed by atoms with E-state index in [1.54, 1.807) is 11.3 Å². The third-order valence-corrected chi connectivity index (χ3v) is 4.44. The Bertz CT molecular complexity index is 451. The van der Waals surface area contributed by atoms with E-state index in [9.17, 15) is 0 Å². The number of hydrogen-bond donors (Lipinski definition) is 2. The van der Waals surface area contributed by atoms with Crippen molar-refractivity contribution in [2.45, 2.75) is 24.3 Å². The molecule has 0 amide bonds. The molecule has 18 heavy (non-hydrogen) atoms. The fourth-order valence-corrected chi connectivity index (χ4v) is 3.22. The van der Waals surface area contributed by atoms with Crippen molar-refractivity contribution in [3.63, 3.8) is 0 Å². The van der Waals surface area contributed by atoms with E-state index in [2.05, 4.69) is 53.4 Å². The Morgan fingerprint density at radius 1 is 1.28 bits per heavy atom. The molecule has 2 aromatic rings. The van der Waals surface area contributed by atoms with Crippen molar-refractivity contribution in [2.75, 3.05) is 5.75 Å². The lowest BCUT2D eigenvalue weighted by Crippen LogP contribution is -2.29. The van der Waals surface area contributed by atoms with Crippen LogP contribution >= 0.6 is 23.1 Å². The zero-order valence-corrected chi connectivity index (χ0v) is 12.1. The van der Waals surface area contributed by atoms with E-state index in [-0.39, 0.29) is 6.04 Å². The topological polar surface area (TPSA) is 38.0 Å². The number of benzene rings is 1. The Kier molecular flexibility index (Phi) is 5.26. The molecule has 0 fully saturated rings. The third-order valence-electron chi connectivity index (χ3n) is 2.81. The predicted octanol–water partition coefficient (Wildman–Crippen LogP) is 3.61. The molecule has 0 aliphatic heterocycles. The maximum absolute atomic E-state index is 5.67. The highest BCUT2D eigenvalue weighted by molar-refractivity contribution is 7.99. The van der Waals surface area contributed by atoms with Crippen LogP contribution in [0.15, 0.2) is 46.0 Å². The molecular formula is C14H18N2S2. The molecule has 1 unspecified atom stereocenters. The molecule has 0 saturated heterocycles. The number of hydrogen-bond acceptors (Lipinski definition) is 4. The summed E-state index contributed by atoms with van der Waals surface area (Å²) in [7, 11) is 0. The smallest absolute Gasteiger partial charge is 0.0500 e. The lowest BCUT2D eigenvalue weighted by atomic mass is 10.0. The van der Waals surface area contributed by atoms with E-state index < -0.39 is 0 Å². The first-order valence-corrected chi connectivity index (χ1v) is 7.96. The van der Waals surface area contributed by atoms with Crippen molar-refractivity contribution in [2.24, 2.45) is 5.84 Å². The second-order valence-corrected chi connectivity index (χ2v) is 6.17. The van der Waals surface area contributed by atoms with Gasteiger partial charge in [-0.25, -0.2) is 0 Å². The molecule has 1 aromatic carbocycles. The maximum Gasteiger partial charge on any atom is 0.0500 e. The molecule has 1 atom stereocenters. The second-order valence-electron chi connectivity index (χ2n) is 4.06. The molecule has 0 spiro atoms. The van der Waals surface area contributed by atoms with Crippen LogP contribution in [-0.2, 0) is 6.42 Å². The van der Waals surface area contributed by atoms with E-state index in [4.69, 9.17) is 5.84 Å². The number of thioether (sulfide) groups is 1. The SMILES string of the molecule is CCSc1ccc(C(Cc2ccsc2)NN)cc1. The number of nitrogens with one attached hydrogen (secondary N) is 1. The molecule has 96 valence electrons. The lowest BCUT2D eigenvalue weighted by Gasteiger charge is -2.16. The quantitative estimate of drug-likeness (QED) is 0.481. The number of hydrazine groups is 1. The molecule has 1 aromatic heterocycles. The van der Waals surface area contributed by atoms with Crippen molar-refractivity contribution in [1.29, 1.82) is 0 Å². The highest BCUT2D eigenvalue weighted by atomic mass is 32.2. The Balaban J connectivity index is 2.07. The van der Waals surface area contributed by atoms with Crippen molar-refractivity contribution >= 4 is 23.1 Å². The summed E-state index contributed by atoms with van der Waals surface area (Å²) < 4.78 is 0. The van der Waals surface area contributed by atoms with Crippen LogP contribution < -0.4 is 11.3 Å². The minimum absolute atomic E-state index is 0.181. The van der Waals surface area contributed by atoms with Crippen LogP contribution in [0, 0.1) is 0 Å². The highest BCUT2D eigenvalue weighted by Gasteiger charge is 2.10. The largest absolute Gasteiger partial charge is 0.271 e. The molecule has 0 radical (unpaired) electrons. The normalized spacial score (nSPS) is 12.6. The van der Waals surface area contributed by atoms with Crippen LogP contribution in [0.2, 0.25) is 0 Å². The molecule has 0 aliphatic carbocycles. The van der Waals surface area contributed by atoms with Gasteiger partial charge in [0.1, 0.15) is 0 Å². The molecule has 0 saturated carbocycles. The van der Waals surface area contributed by atoms with Gasteiger partial charge in [0.2, 0.25) is 0 Å². The van der Waals surface area contributed by atoms with Crippen LogP contribution in [0.1, 0.15) is 24.1 Å². The van der Waals surface area contributed by atoms with Crippen LogP contribution in [-0.4, -0.2) is 5.75 Å². The zero-order valence-electron chi connectivity index (χ0n) is 10.4. The average molecular weight is 278 g/mol. The maximum atomic E-state index is 5.67. The summed E-state index contributed by atoms with van der Waals surface area (Å²) in [6.45, 7) is 2.17. The summed E-state index contributed by atoms with van der Waals surface area (Å²) in [5, 5.41) is 4.27. The van der Waals surface area contributed by atoms with Crippen molar-refractivity contribution in [3.05, 3.63) is 52.2 Å². The standard InChI is InChI=1S/C14H18N2S2/c1-2-18-13-5-3-12(4-6-13)14(16-15)9-11-7-8-17-10-11/h3-8,10,14,16H,2,9,15H2,1H3. The minimum atomic E-state index is 0.181. The Hall–Kier alpha value is -0.810. The fraction of sp³-hybridized carbons (Fsp3) is 0.286. The van der Waals surface area contributed by atoms with Gasteiger partial charge in [-0.3, -0.25) is 11.3 Å². The molecule has 0 aliphatic rings. The number of thiophene rings is 1. The predicted molar refractivity (Wildman–Crippen MR) is 80.9 cm³/mol. The summed E-state index contributed by atoms with van der Waals surface area (Å²) >= 11 is 3.58. The molecule has 2 nitrogen and oxygen atoms in total. The van der Waals surface area contributed by atoms with E-state index in [1.165, 1.54) is 16.0 Å². The zero-order chi connectivity index (χ0) is 12.8. The van der Waals surface area contributed by atoms with E-state index in [0.717, 1.165) is 12.2 Å². The van der Waals surface area contributed by atoms with Gasteiger partial charge in [-0.2, -0.15) is 11.3 Å². The molecule has 4 heteroatoms. The van der Waals surface area contributed by atoms with Crippen LogP contribution in [0.5, 0.6) is 0 Å². The molecule has 0 bridgehead atoms. The Morgan fingerprint density at radius 2 is 2.06 bits per heavy atom. The van der Waals surface area contributed by atoms with Gasteiger partial charge in [0.25, 0.3) is 0 Å². The summed E-state index contributed by atoms with van der Waals surface area (Å²) in [4.78, 5) is 1.31. The average Bonchev–Trinajstić information content (AvgIpc) is 2.90. The molecule has 1 heterocycles. The Labute approximate surface area is 117 Å². The van der Waals surface area contributed by atoms with Gasteiger partial charge in [-0.15, -0.1) is 11.8 Å². The van der Waals surface area contributed by atoms with Gasteiger partial charge in [0, 0.05) is 4.90 Å². The molecule has 2 rings (SSSR count). The summed E-state index contributed by atoms with van der Waals surface area (Å²) in [5.74, 6) is 6.77. The van der Waals surface area contributed by atoms with Gasteiger partial charge < -0.3 is 0 Å². The molecular weight excluding hydrogens is 260 g/mol. The van der Waals surface area contributed by atoms with Gasteiger partial charge >= 0.3 is 0 Å². The second kappa shape index (κ2) is 6.95. The number of nitrogens with two attached hydrogens (primary N) is 1. The molecule has 3 N–H and O–H groups in total. The summed E-state index contributed by atoms with van der Waals surface area (Å²) in [6.07, 6.45) is 0.931. The van der Waals surface area contributed by atoms with E-state index >= 15 is 0 Å². The van der Waals surface area contributed by atoms with Crippen molar-refractivity contribution in [3.8, 4) is 0 Å². The monoisotopic (exact) mass is 278 g/mol. The fourth-order valence-electron chi connectivity index (χ4n) is 1.88. The first-order chi connectivity index (χ1) is 8.83. The summed E-state index contributed by atoms with van der Waals surface area (Å²) in [5.41, 5.74) is 5.47. The highest BCUT2D eigenvalue weighted by Crippen LogP contribution is 2.23. The van der Waals surface area contributed by atoms with Gasteiger partial charge in [0.05, 0.1) is 6.04 Å². The first-order valence-electron chi connectivity index (χ1n) is 6.03. The van der Waals surface area contributed by atoms with Crippen LogP contribution in [0.4, 0.5) is 0 Å². The van der Waals surface area contributed by atoms with Gasteiger partial charge in [0.15, 0.2) is 0 Å². The summed E-state index contributed by atoms with van der Waals surface area (Å²) in [6, 6.07) is 11.0. The minimum Gasteiger partial charge on any atom is -0.271 e. The van der Waals surface area contributed by atoms with E-state index in [0.29, 0.717) is 0 Å². The van der Waals surface area contributed by atoms with E-state index in [1.807, 2.05) is 11.8 Å². The van der Waals surface area contributed by atoms with Crippen molar-refractivity contribution < 1.29 is 0 Å². The van der Waals surface area contributed by atoms with Gasteiger partial charge in [-0.1, -0.05) is 19.1 Å². The number of rotatable bonds is 6. The third kappa shape index (κ3) is 3.59. The Morgan fingerprint density at radius 3 is 2.61 bits per heavy atom. The van der Waals surface area contributed by atoms with Crippen LogP contribution in [0.3, 0.4) is 0 Å². The lowest BCUT2D eigenvalue weighted by molar-refractivity contribution is 0.552.